The van der Waals surface area contributed by atoms with Crippen molar-refractivity contribution in [3.8, 4) is 0 Å². The number of para-hydroxylation sites is 1. The van der Waals surface area contributed by atoms with Crippen molar-refractivity contribution in [2.24, 2.45) is 0 Å². The summed E-state index contributed by atoms with van der Waals surface area (Å²) in [5.41, 5.74) is 2.69. The van der Waals surface area contributed by atoms with Crippen molar-refractivity contribution in [1.29, 1.82) is 0 Å². The quantitative estimate of drug-likeness (QED) is 0.779. The van der Waals surface area contributed by atoms with Crippen LogP contribution in [-0.2, 0) is 0 Å². The Balaban J connectivity index is 1.88. The molecule has 0 aliphatic carbocycles. The van der Waals surface area contributed by atoms with Crippen LogP contribution in [0.3, 0.4) is 0 Å². The zero-order valence-electron chi connectivity index (χ0n) is 11.8. The zero-order chi connectivity index (χ0) is 14.1. The fourth-order valence-electron chi connectivity index (χ4n) is 2.17. The molecule has 0 fully saturated rings. The minimum Gasteiger partial charge on any atom is -0.459 e. The van der Waals surface area contributed by atoms with Crippen LogP contribution in [0.1, 0.15) is 30.1 Å². The monoisotopic (exact) mass is 267 g/mol. The summed E-state index contributed by atoms with van der Waals surface area (Å²) in [5.74, 6) is 1.70. The van der Waals surface area contributed by atoms with Crippen LogP contribution < -0.4 is 5.32 Å². The molecule has 3 aromatic rings. The van der Waals surface area contributed by atoms with Gasteiger partial charge in [-0.25, -0.2) is 4.98 Å². The number of benzene rings is 1. The molecule has 2 heterocycles. The van der Waals surface area contributed by atoms with Crippen molar-refractivity contribution in [2.45, 2.75) is 26.8 Å². The summed E-state index contributed by atoms with van der Waals surface area (Å²) in [6, 6.07) is 10.1. The molecule has 102 valence electrons. The van der Waals surface area contributed by atoms with Crippen molar-refractivity contribution in [1.82, 2.24) is 9.97 Å². The van der Waals surface area contributed by atoms with Crippen molar-refractivity contribution in [2.75, 3.05) is 5.32 Å². The maximum absolute atomic E-state index is 5.86. The van der Waals surface area contributed by atoms with E-state index < -0.39 is 0 Å². The number of furan rings is 1. The zero-order valence-corrected chi connectivity index (χ0v) is 11.8. The standard InChI is InChI=1S/C16H17N3O/c1-10-9-17-12(3)16(18-10)19-11(2)15-8-13-6-4-5-7-14(13)20-15/h4-9,11H,1-3H3,(H,18,19)/t11-/m1/s1. The number of aromatic nitrogens is 2. The van der Waals surface area contributed by atoms with E-state index in [9.17, 15) is 0 Å². The van der Waals surface area contributed by atoms with E-state index >= 15 is 0 Å². The van der Waals surface area contributed by atoms with Gasteiger partial charge in [0.15, 0.2) is 0 Å². The third-order valence-corrected chi connectivity index (χ3v) is 3.30. The predicted octanol–water partition coefficient (Wildman–Crippen LogP) is 4.01. The van der Waals surface area contributed by atoms with E-state index in [4.69, 9.17) is 4.42 Å². The van der Waals surface area contributed by atoms with Crippen LogP contribution in [0.5, 0.6) is 0 Å². The van der Waals surface area contributed by atoms with Crippen LogP contribution in [0, 0.1) is 13.8 Å². The largest absolute Gasteiger partial charge is 0.459 e. The molecule has 0 amide bonds. The first kappa shape index (κ1) is 12.7. The fourth-order valence-corrected chi connectivity index (χ4v) is 2.17. The van der Waals surface area contributed by atoms with Crippen LogP contribution in [-0.4, -0.2) is 9.97 Å². The lowest BCUT2D eigenvalue weighted by Crippen LogP contribution is -2.09. The number of aryl methyl sites for hydroxylation is 2. The van der Waals surface area contributed by atoms with Gasteiger partial charge in [-0.05, 0) is 32.9 Å². The van der Waals surface area contributed by atoms with Crippen LogP contribution in [0.15, 0.2) is 40.9 Å². The summed E-state index contributed by atoms with van der Waals surface area (Å²) in [6.07, 6.45) is 1.77. The molecule has 4 nitrogen and oxygen atoms in total. The molecule has 0 spiro atoms. The van der Waals surface area contributed by atoms with E-state index in [-0.39, 0.29) is 6.04 Å². The summed E-state index contributed by atoms with van der Waals surface area (Å²) in [6.45, 7) is 5.94. The average Bonchev–Trinajstić information content (AvgIpc) is 2.87. The van der Waals surface area contributed by atoms with Crippen molar-refractivity contribution < 1.29 is 4.42 Å². The summed E-state index contributed by atoms with van der Waals surface area (Å²) < 4.78 is 5.86. The molecular weight excluding hydrogens is 250 g/mol. The molecule has 1 aromatic carbocycles. The highest BCUT2D eigenvalue weighted by Gasteiger charge is 2.13. The Morgan fingerprint density at radius 2 is 2.00 bits per heavy atom. The first-order valence-electron chi connectivity index (χ1n) is 6.69. The Kier molecular flexibility index (Phi) is 3.14. The third-order valence-electron chi connectivity index (χ3n) is 3.30. The molecular formula is C16H17N3O. The lowest BCUT2D eigenvalue weighted by atomic mass is 10.2. The van der Waals surface area contributed by atoms with E-state index in [2.05, 4.69) is 28.3 Å². The second kappa shape index (κ2) is 4.96. The molecule has 0 radical (unpaired) electrons. The SMILES string of the molecule is Cc1cnc(C)c(N[C@H](C)c2cc3ccccc3o2)n1. The van der Waals surface area contributed by atoms with Crippen molar-refractivity contribution in [3.63, 3.8) is 0 Å². The van der Waals surface area contributed by atoms with Gasteiger partial charge in [0, 0.05) is 11.6 Å². The average molecular weight is 267 g/mol. The highest BCUT2D eigenvalue weighted by Crippen LogP contribution is 2.26. The minimum atomic E-state index is 0.0391. The highest BCUT2D eigenvalue weighted by molar-refractivity contribution is 5.77. The van der Waals surface area contributed by atoms with Gasteiger partial charge in [0.25, 0.3) is 0 Å². The Labute approximate surface area is 117 Å². The van der Waals surface area contributed by atoms with Gasteiger partial charge in [-0.2, -0.15) is 0 Å². The van der Waals surface area contributed by atoms with Crippen LogP contribution in [0.25, 0.3) is 11.0 Å². The molecule has 0 saturated carbocycles. The Hall–Kier alpha value is -2.36. The molecule has 1 N–H and O–H groups in total. The normalized spacial score (nSPS) is 12.6. The lowest BCUT2D eigenvalue weighted by Gasteiger charge is -2.13. The minimum absolute atomic E-state index is 0.0391. The number of nitrogens with one attached hydrogen (secondary N) is 1. The van der Waals surface area contributed by atoms with Gasteiger partial charge in [0.2, 0.25) is 0 Å². The van der Waals surface area contributed by atoms with Gasteiger partial charge in [-0.1, -0.05) is 18.2 Å². The summed E-state index contributed by atoms with van der Waals surface area (Å²) >= 11 is 0. The van der Waals surface area contributed by atoms with Crippen LogP contribution >= 0.6 is 0 Å². The van der Waals surface area contributed by atoms with Gasteiger partial charge in [-0.15, -0.1) is 0 Å². The first-order chi connectivity index (χ1) is 9.63. The van der Waals surface area contributed by atoms with Crippen molar-refractivity contribution in [3.05, 3.63) is 53.7 Å². The maximum Gasteiger partial charge on any atom is 0.148 e. The molecule has 20 heavy (non-hydrogen) atoms. The lowest BCUT2D eigenvalue weighted by molar-refractivity contribution is 0.525. The van der Waals surface area contributed by atoms with E-state index in [0.717, 1.165) is 33.9 Å². The number of rotatable bonds is 3. The number of hydrogen-bond donors (Lipinski definition) is 1. The number of fused-ring (bicyclic) bond motifs is 1. The number of nitrogens with zero attached hydrogens (tertiary/aromatic N) is 2. The Morgan fingerprint density at radius 3 is 2.80 bits per heavy atom. The van der Waals surface area contributed by atoms with Gasteiger partial charge in [0.05, 0.1) is 17.4 Å². The molecule has 0 unspecified atom stereocenters. The van der Waals surface area contributed by atoms with Gasteiger partial charge >= 0.3 is 0 Å². The molecule has 0 saturated heterocycles. The number of anilines is 1. The Morgan fingerprint density at radius 1 is 1.20 bits per heavy atom. The molecule has 0 aliphatic rings. The van der Waals surface area contributed by atoms with Crippen LogP contribution in [0.4, 0.5) is 5.82 Å². The van der Waals surface area contributed by atoms with E-state index in [1.165, 1.54) is 0 Å². The topological polar surface area (TPSA) is 51.0 Å². The molecule has 4 heteroatoms. The molecule has 0 bridgehead atoms. The van der Waals surface area contributed by atoms with Crippen molar-refractivity contribution >= 4 is 16.8 Å². The Bertz CT molecular complexity index is 715. The van der Waals surface area contributed by atoms with E-state index in [1.807, 2.05) is 38.1 Å². The second-order valence-electron chi connectivity index (χ2n) is 5.00. The third kappa shape index (κ3) is 2.37. The predicted molar refractivity (Wildman–Crippen MR) is 79.8 cm³/mol. The van der Waals surface area contributed by atoms with Gasteiger partial charge in [0.1, 0.15) is 17.2 Å². The van der Waals surface area contributed by atoms with E-state index in [0.29, 0.717) is 0 Å². The summed E-state index contributed by atoms with van der Waals surface area (Å²) in [7, 11) is 0. The number of hydrogen-bond acceptors (Lipinski definition) is 4. The summed E-state index contributed by atoms with van der Waals surface area (Å²) in [4.78, 5) is 8.79. The van der Waals surface area contributed by atoms with E-state index in [1.54, 1.807) is 6.20 Å². The molecule has 1 atom stereocenters. The van der Waals surface area contributed by atoms with Gasteiger partial charge < -0.3 is 9.73 Å². The first-order valence-corrected chi connectivity index (χ1v) is 6.69. The van der Waals surface area contributed by atoms with Crippen LogP contribution in [0.2, 0.25) is 0 Å². The molecule has 3 rings (SSSR count). The molecule has 0 aliphatic heterocycles. The maximum atomic E-state index is 5.86. The second-order valence-corrected chi connectivity index (χ2v) is 5.00. The highest BCUT2D eigenvalue weighted by atomic mass is 16.3. The van der Waals surface area contributed by atoms with Gasteiger partial charge in [-0.3, -0.25) is 4.98 Å². The summed E-state index contributed by atoms with van der Waals surface area (Å²) in [5, 5.41) is 4.47. The molecule has 2 aromatic heterocycles. The smallest absolute Gasteiger partial charge is 0.148 e. The fraction of sp³-hybridized carbons (Fsp3) is 0.250.